The fraction of sp³-hybridized carbons (Fsp3) is 0.571. The molecule has 0 N–H and O–H groups in total. The van der Waals surface area contributed by atoms with Gasteiger partial charge >= 0.3 is 0 Å². The molecule has 0 aliphatic carbocycles. The SMILES string of the molecule is CC=C/N=C(/C)N(C)C. The minimum absolute atomic E-state index is 1.02. The van der Waals surface area contributed by atoms with Gasteiger partial charge in [-0.2, -0.15) is 0 Å². The molecule has 0 aliphatic rings. The van der Waals surface area contributed by atoms with Crippen LogP contribution < -0.4 is 0 Å². The molecule has 0 aromatic carbocycles. The molecule has 0 spiro atoms. The number of rotatable bonds is 1. The highest BCUT2D eigenvalue weighted by Gasteiger charge is 1.86. The van der Waals surface area contributed by atoms with Gasteiger partial charge < -0.3 is 4.90 Å². The van der Waals surface area contributed by atoms with E-state index >= 15 is 0 Å². The summed E-state index contributed by atoms with van der Waals surface area (Å²) in [6.07, 6.45) is 3.70. The third-order valence-electron chi connectivity index (χ3n) is 1.06. The summed E-state index contributed by atoms with van der Waals surface area (Å²) in [5.41, 5.74) is 0. The van der Waals surface area contributed by atoms with E-state index in [0.717, 1.165) is 5.84 Å². The van der Waals surface area contributed by atoms with Gasteiger partial charge in [0.15, 0.2) is 0 Å². The lowest BCUT2D eigenvalue weighted by atomic mass is 10.6. The van der Waals surface area contributed by atoms with E-state index in [9.17, 15) is 0 Å². The molecule has 0 fully saturated rings. The van der Waals surface area contributed by atoms with Crippen molar-refractivity contribution in [1.29, 1.82) is 0 Å². The highest BCUT2D eigenvalue weighted by Crippen LogP contribution is 1.82. The molecular formula is C7H14N2. The van der Waals surface area contributed by atoms with Gasteiger partial charge in [0.25, 0.3) is 0 Å². The molecule has 0 saturated carbocycles. The van der Waals surface area contributed by atoms with Crippen LogP contribution in [-0.4, -0.2) is 24.8 Å². The fourth-order valence-corrected chi connectivity index (χ4v) is 0.298. The molecular weight excluding hydrogens is 112 g/mol. The normalized spacial score (nSPS) is 12.7. The Morgan fingerprint density at radius 3 is 2.33 bits per heavy atom. The van der Waals surface area contributed by atoms with E-state index in [1.54, 1.807) is 6.20 Å². The lowest BCUT2D eigenvalue weighted by Gasteiger charge is -2.08. The summed E-state index contributed by atoms with van der Waals surface area (Å²) >= 11 is 0. The molecule has 0 aromatic rings. The van der Waals surface area contributed by atoms with Gasteiger partial charge in [0.05, 0.1) is 0 Å². The number of hydrogen-bond acceptors (Lipinski definition) is 1. The van der Waals surface area contributed by atoms with Gasteiger partial charge in [0, 0.05) is 20.3 Å². The predicted octanol–water partition coefficient (Wildman–Crippen LogP) is 1.50. The van der Waals surface area contributed by atoms with Crippen LogP contribution in [0.5, 0.6) is 0 Å². The molecule has 2 nitrogen and oxygen atoms in total. The molecule has 0 amide bonds. The summed E-state index contributed by atoms with van der Waals surface area (Å²) in [7, 11) is 3.95. The zero-order chi connectivity index (χ0) is 7.28. The van der Waals surface area contributed by atoms with Crippen LogP contribution in [0.4, 0.5) is 0 Å². The molecule has 0 atom stereocenters. The van der Waals surface area contributed by atoms with Crippen LogP contribution in [0.15, 0.2) is 17.3 Å². The highest BCUT2D eigenvalue weighted by molar-refractivity contribution is 5.79. The Hall–Kier alpha value is -0.790. The number of amidine groups is 1. The van der Waals surface area contributed by atoms with Crippen molar-refractivity contribution in [3.8, 4) is 0 Å². The van der Waals surface area contributed by atoms with Crippen LogP contribution in [0.1, 0.15) is 13.8 Å². The van der Waals surface area contributed by atoms with Crippen molar-refractivity contribution in [2.24, 2.45) is 4.99 Å². The zero-order valence-electron chi connectivity index (χ0n) is 6.55. The second-order valence-corrected chi connectivity index (χ2v) is 2.05. The van der Waals surface area contributed by atoms with Gasteiger partial charge in [-0.25, -0.2) is 4.99 Å². The van der Waals surface area contributed by atoms with Crippen molar-refractivity contribution >= 4 is 5.84 Å². The number of aliphatic imine (C=N–C) groups is 1. The van der Waals surface area contributed by atoms with Gasteiger partial charge in [-0.3, -0.25) is 0 Å². The Morgan fingerprint density at radius 2 is 2.00 bits per heavy atom. The van der Waals surface area contributed by atoms with Gasteiger partial charge in [-0.05, 0) is 13.8 Å². The van der Waals surface area contributed by atoms with Crippen LogP contribution in [0.2, 0.25) is 0 Å². The average molecular weight is 126 g/mol. The first kappa shape index (κ1) is 8.21. The Kier molecular flexibility index (Phi) is 3.76. The fourth-order valence-electron chi connectivity index (χ4n) is 0.298. The average Bonchev–Trinajstić information content (AvgIpc) is 1.82. The number of nitrogens with zero attached hydrogens (tertiary/aromatic N) is 2. The summed E-state index contributed by atoms with van der Waals surface area (Å²) < 4.78 is 0. The Bertz CT molecular complexity index is 123. The largest absolute Gasteiger partial charge is 0.366 e. The Balaban J connectivity index is 3.84. The maximum absolute atomic E-state index is 4.10. The quantitative estimate of drug-likeness (QED) is 0.384. The highest BCUT2D eigenvalue weighted by atomic mass is 15.1. The third-order valence-corrected chi connectivity index (χ3v) is 1.06. The number of hydrogen-bond donors (Lipinski definition) is 0. The molecule has 9 heavy (non-hydrogen) atoms. The minimum Gasteiger partial charge on any atom is -0.366 e. The lowest BCUT2D eigenvalue weighted by molar-refractivity contribution is 0.618. The summed E-state index contributed by atoms with van der Waals surface area (Å²) in [4.78, 5) is 6.08. The van der Waals surface area contributed by atoms with Crippen LogP contribution in [-0.2, 0) is 0 Å². The van der Waals surface area contributed by atoms with Crippen molar-refractivity contribution in [2.45, 2.75) is 13.8 Å². The van der Waals surface area contributed by atoms with Crippen LogP contribution in [0, 0.1) is 0 Å². The molecule has 0 aliphatic heterocycles. The van der Waals surface area contributed by atoms with E-state index < -0.39 is 0 Å². The van der Waals surface area contributed by atoms with Crippen LogP contribution in [0.3, 0.4) is 0 Å². The first-order valence-electron chi connectivity index (χ1n) is 3.01. The maximum atomic E-state index is 4.10. The van der Waals surface area contributed by atoms with Crippen LogP contribution >= 0.6 is 0 Å². The molecule has 0 saturated heterocycles. The van der Waals surface area contributed by atoms with Gasteiger partial charge in [0.2, 0.25) is 0 Å². The molecule has 2 heteroatoms. The minimum atomic E-state index is 1.02. The molecule has 0 unspecified atom stereocenters. The van der Waals surface area contributed by atoms with Crippen molar-refractivity contribution in [3.05, 3.63) is 12.3 Å². The second kappa shape index (κ2) is 4.13. The van der Waals surface area contributed by atoms with Crippen molar-refractivity contribution in [1.82, 2.24) is 4.90 Å². The van der Waals surface area contributed by atoms with E-state index in [2.05, 4.69) is 4.99 Å². The monoisotopic (exact) mass is 126 g/mol. The van der Waals surface area contributed by atoms with E-state index in [4.69, 9.17) is 0 Å². The zero-order valence-corrected chi connectivity index (χ0v) is 6.55. The van der Waals surface area contributed by atoms with Crippen LogP contribution in [0.25, 0.3) is 0 Å². The summed E-state index contributed by atoms with van der Waals surface area (Å²) in [6.45, 7) is 3.92. The van der Waals surface area contributed by atoms with E-state index in [1.807, 2.05) is 38.9 Å². The summed E-state index contributed by atoms with van der Waals surface area (Å²) in [6, 6.07) is 0. The molecule has 0 rings (SSSR count). The van der Waals surface area contributed by atoms with Crippen molar-refractivity contribution < 1.29 is 0 Å². The molecule has 0 heterocycles. The molecule has 52 valence electrons. The van der Waals surface area contributed by atoms with Crippen molar-refractivity contribution in [3.63, 3.8) is 0 Å². The first-order valence-corrected chi connectivity index (χ1v) is 3.01. The van der Waals surface area contributed by atoms with E-state index in [0.29, 0.717) is 0 Å². The summed E-state index contributed by atoms with van der Waals surface area (Å²) in [5, 5.41) is 0. The van der Waals surface area contributed by atoms with Gasteiger partial charge in [-0.15, -0.1) is 0 Å². The predicted molar refractivity (Wildman–Crippen MR) is 41.6 cm³/mol. The first-order chi connectivity index (χ1) is 4.18. The topological polar surface area (TPSA) is 15.6 Å². The third kappa shape index (κ3) is 3.76. The smallest absolute Gasteiger partial charge is 0.100 e. The summed E-state index contributed by atoms with van der Waals surface area (Å²) in [5.74, 6) is 1.02. The van der Waals surface area contributed by atoms with Gasteiger partial charge in [-0.1, -0.05) is 6.08 Å². The molecule has 0 aromatic heterocycles. The Morgan fingerprint density at radius 1 is 1.44 bits per heavy atom. The maximum Gasteiger partial charge on any atom is 0.100 e. The standard InChI is InChI=1S/C7H14N2/c1-5-6-8-7(2)9(3)4/h5-6H,1-4H3/b6-5?,8-7-. The number of allylic oxidation sites excluding steroid dienone is 1. The van der Waals surface area contributed by atoms with Crippen molar-refractivity contribution in [2.75, 3.05) is 14.1 Å². The van der Waals surface area contributed by atoms with E-state index in [-0.39, 0.29) is 0 Å². The van der Waals surface area contributed by atoms with Gasteiger partial charge in [0.1, 0.15) is 5.84 Å². The molecule has 0 bridgehead atoms. The lowest BCUT2D eigenvalue weighted by Crippen LogP contribution is -2.17. The second-order valence-electron chi connectivity index (χ2n) is 2.05. The molecule has 0 radical (unpaired) electrons. The van der Waals surface area contributed by atoms with E-state index in [1.165, 1.54) is 0 Å². The Labute approximate surface area is 56.9 Å².